The number of hydrogen-bond acceptors (Lipinski definition) is 4. The molecule has 0 atom stereocenters. The molecule has 0 bridgehead atoms. The Morgan fingerprint density at radius 1 is 1.28 bits per heavy atom. The van der Waals surface area contributed by atoms with Gasteiger partial charge in [-0.2, -0.15) is 0 Å². The minimum absolute atomic E-state index is 0.123. The zero-order valence-electron chi connectivity index (χ0n) is 9.23. The zero-order valence-corrected chi connectivity index (χ0v) is 13.2. The summed E-state index contributed by atoms with van der Waals surface area (Å²) in [6.07, 6.45) is 0.489. The number of nitrogens with two attached hydrogens (primary N) is 1. The number of benzene rings is 1. The van der Waals surface area contributed by atoms with Crippen LogP contribution in [0, 0.1) is 0 Å². The third kappa shape index (κ3) is 2.88. The first kappa shape index (κ1) is 14.3. The second kappa shape index (κ2) is 5.09. The van der Waals surface area contributed by atoms with Crippen molar-refractivity contribution in [3.8, 4) is 0 Å². The lowest BCUT2D eigenvalue weighted by Crippen LogP contribution is -2.46. The topological polar surface area (TPSA) is 92.4 Å². The van der Waals surface area contributed by atoms with Crippen LogP contribution in [-0.2, 0) is 10.0 Å². The van der Waals surface area contributed by atoms with Gasteiger partial charge in [0.1, 0.15) is 4.90 Å². The second-order valence-electron chi connectivity index (χ2n) is 4.26. The molecule has 5 nitrogen and oxygen atoms in total. The van der Waals surface area contributed by atoms with Crippen molar-refractivity contribution in [1.82, 2.24) is 4.72 Å². The van der Waals surface area contributed by atoms with Gasteiger partial charge in [0, 0.05) is 20.7 Å². The zero-order chi connectivity index (χ0) is 13.5. The Bertz CT molecular complexity index is 547. The van der Waals surface area contributed by atoms with E-state index in [0.29, 0.717) is 27.5 Å². The van der Waals surface area contributed by atoms with Crippen molar-refractivity contribution in [1.29, 1.82) is 0 Å². The van der Waals surface area contributed by atoms with E-state index in [0.717, 1.165) is 0 Å². The SMILES string of the molecule is Nc1cc(Br)c(S(=O)(=O)NC2CC(O)C2)c(Br)c1. The number of hydrogen-bond donors (Lipinski definition) is 3. The maximum absolute atomic E-state index is 12.2. The van der Waals surface area contributed by atoms with Crippen LogP contribution in [0.5, 0.6) is 0 Å². The van der Waals surface area contributed by atoms with Gasteiger partial charge < -0.3 is 10.8 Å². The Labute approximate surface area is 122 Å². The molecule has 1 aliphatic carbocycles. The van der Waals surface area contributed by atoms with E-state index in [1.165, 1.54) is 12.1 Å². The normalized spacial score (nSPS) is 23.7. The van der Waals surface area contributed by atoms with E-state index >= 15 is 0 Å². The van der Waals surface area contributed by atoms with E-state index in [1.807, 2.05) is 0 Å². The van der Waals surface area contributed by atoms with Gasteiger partial charge in [-0.1, -0.05) is 0 Å². The summed E-state index contributed by atoms with van der Waals surface area (Å²) in [6.45, 7) is 0. The number of halogens is 2. The number of nitrogen functional groups attached to an aromatic ring is 1. The molecule has 0 radical (unpaired) electrons. The molecule has 0 spiro atoms. The number of rotatable bonds is 3. The first-order chi connectivity index (χ1) is 8.29. The lowest BCUT2D eigenvalue weighted by atomic mass is 9.91. The average Bonchev–Trinajstić information content (AvgIpc) is 2.11. The quantitative estimate of drug-likeness (QED) is 0.673. The van der Waals surface area contributed by atoms with Crippen LogP contribution in [0.4, 0.5) is 5.69 Å². The Morgan fingerprint density at radius 3 is 2.22 bits per heavy atom. The third-order valence-electron chi connectivity index (χ3n) is 2.72. The standard InChI is InChI=1S/C10H12Br2N2O3S/c11-8-1-5(13)2-9(12)10(8)18(16,17)14-6-3-7(15)4-6/h1-2,6-7,14-15H,3-4,13H2. The fourth-order valence-corrected chi connectivity index (χ4v) is 5.68. The van der Waals surface area contributed by atoms with Crippen LogP contribution in [0.3, 0.4) is 0 Å². The summed E-state index contributed by atoms with van der Waals surface area (Å²) in [5, 5.41) is 9.16. The van der Waals surface area contributed by atoms with E-state index in [1.54, 1.807) is 0 Å². The Morgan fingerprint density at radius 2 is 1.78 bits per heavy atom. The van der Waals surface area contributed by atoms with Crippen LogP contribution in [-0.4, -0.2) is 25.7 Å². The smallest absolute Gasteiger partial charge is 0.243 e. The molecule has 1 aliphatic rings. The molecule has 8 heteroatoms. The molecule has 4 N–H and O–H groups in total. The summed E-state index contributed by atoms with van der Waals surface area (Å²) >= 11 is 6.39. The number of aliphatic hydroxyl groups is 1. The number of anilines is 1. The molecule has 1 aromatic rings. The molecule has 18 heavy (non-hydrogen) atoms. The average molecular weight is 400 g/mol. The van der Waals surface area contributed by atoms with Gasteiger partial charge in [-0.3, -0.25) is 0 Å². The van der Waals surface area contributed by atoms with Crippen LogP contribution in [0.1, 0.15) is 12.8 Å². The molecule has 1 saturated carbocycles. The third-order valence-corrected chi connectivity index (χ3v) is 6.12. The molecule has 0 amide bonds. The van der Waals surface area contributed by atoms with E-state index in [9.17, 15) is 8.42 Å². The van der Waals surface area contributed by atoms with Crippen molar-refractivity contribution in [3.63, 3.8) is 0 Å². The van der Waals surface area contributed by atoms with Gasteiger partial charge in [-0.15, -0.1) is 0 Å². The van der Waals surface area contributed by atoms with Gasteiger partial charge in [-0.25, -0.2) is 13.1 Å². The summed E-state index contributed by atoms with van der Waals surface area (Å²) in [6, 6.07) is 2.87. The minimum Gasteiger partial charge on any atom is -0.399 e. The lowest BCUT2D eigenvalue weighted by Gasteiger charge is -2.31. The molecule has 0 saturated heterocycles. The highest BCUT2D eigenvalue weighted by molar-refractivity contribution is 9.11. The van der Waals surface area contributed by atoms with Crippen molar-refractivity contribution in [2.75, 3.05) is 5.73 Å². The maximum Gasteiger partial charge on any atom is 0.243 e. The van der Waals surface area contributed by atoms with Crippen LogP contribution < -0.4 is 10.5 Å². The second-order valence-corrected chi connectivity index (χ2v) is 7.62. The fraction of sp³-hybridized carbons (Fsp3) is 0.400. The van der Waals surface area contributed by atoms with Crippen LogP contribution in [0.15, 0.2) is 26.0 Å². The highest BCUT2D eigenvalue weighted by atomic mass is 79.9. The first-order valence-electron chi connectivity index (χ1n) is 5.24. The van der Waals surface area contributed by atoms with Gasteiger partial charge in [0.25, 0.3) is 0 Å². The molecule has 1 fully saturated rings. The predicted molar refractivity (Wildman–Crippen MR) is 75.6 cm³/mol. The summed E-state index contributed by atoms with van der Waals surface area (Å²) in [7, 11) is -3.63. The first-order valence-corrected chi connectivity index (χ1v) is 8.31. The van der Waals surface area contributed by atoms with Crippen molar-refractivity contribution in [2.45, 2.75) is 29.9 Å². The highest BCUT2D eigenvalue weighted by Gasteiger charge is 2.32. The molecule has 100 valence electrons. The Hall–Kier alpha value is -0.150. The summed E-state index contributed by atoms with van der Waals surface area (Å²) in [5.41, 5.74) is 6.08. The van der Waals surface area contributed by atoms with E-state index < -0.39 is 16.1 Å². The molecular weight excluding hydrogens is 388 g/mol. The van der Waals surface area contributed by atoms with E-state index in [4.69, 9.17) is 10.8 Å². The summed E-state index contributed by atoms with van der Waals surface area (Å²) in [4.78, 5) is 0.123. The van der Waals surface area contributed by atoms with Gasteiger partial charge >= 0.3 is 0 Å². The summed E-state index contributed by atoms with van der Waals surface area (Å²) < 4.78 is 27.8. The van der Waals surface area contributed by atoms with Crippen molar-refractivity contribution < 1.29 is 13.5 Å². The minimum atomic E-state index is -3.63. The predicted octanol–water partition coefficient (Wildman–Crippen LogP) is 1.60. The number of sulfonamides is 1. The molecular formula is C10H12Br2N2O3S. The largest absolute Gasteiger partial charge is 0.399 e. The number of aliphatic hydroxyl groups excluding tert-OH is 1. The lowest BCUT2D eigenvalue weighted by molar-refractivity contribution is 0.0712. The molecule has 1 aromatic carbocycles. The highest BCUT2D eigenvalue weighted by Crippen LogP contribution is 2.33. The monoisotopic (exact) mass is 398 g/mol. The molecule has 0 aromatic heterocycles. The van der Waals surface area contributed by atoms with Crippen LogP contribution in [0.2, 0.25) is 0 Å². The molecule has 0 aliphatic heterocycles. The van der Waals surface area contributed by atoms with Crippen molar-refractivity contribution in [2.24, 2.45) is 0 Å². The van der Waals surface area contributed by atoms with Crippen LogP contribution >= 0.6 is 31.9 Å². The molecule has 0 heterocycles. The van der Waals surface area contributed by atoms with Gasteiger partial charge in [0.2, 0.25) is 10.0 Å². The van der Waals surface area contributed by atoms with Crippen molar-refractivity contribution >= 4 is 47.6 Å². The van der Waals surface area contributed by atoms with E-state index in [2.05, 4.69) is 36.6 Å². The van der Waals surface area contributed by atoms with Crippen LogP contribution in [0.25, 0.3) is 0 Å². The van der Waals surface area contributed by atoms with Gasteiger partial charge in [-0.05, 0) is 56.8 Å². The number of nitrogens with one attached hydrogen (secondary N) is 1. The maximum atomic E-state index is 12.2. The van der Waals surface area contributed by atoms with E-state index in [-0.39, 0.29) is 10.9 Å². The molecule has 0 unspecified atom stereocenters. The summed E-state index contributed by atoms with van der Waals surface area (Å²) in [5.74, 6) is 0. The van der Waals surface area contributed by atoms with Gasteiger partial charge in [0.15, 0.2) is 0 Å². The Kier molecular flexibility index (Phi) is 4.03. The Balaban J connectivity index is 2.30. The van der Waals surface area contributed by atoms with Crippen molar-refractivity contribution in [3.05, 3.63) is 21.1 Å². The fourth-order valence-electron chi connectivity index (χ4n) is 1.80. The van der Waals surface area contributed by atoms with Gasteiger partial charge in [0.05, 0.1) is 6.10 Å². The molecule has 2 rings (SSSR count).